The van der Waals surface area contributed by atoms with Gasteiger partial charge in [0, 0.05) is 32.7 Å². The van der Waals surface area contributed by atoms with E-state index in [2.05, 4.69) is 16.7 Å². The molecule has 0 atom stereocenters. The minimum atomic E-state index is -0.584. The number of likely N-dealkylation sites (N-methyl/N-ethyl adjacent to an activating group) is 1. The first-order valence-corrected chi connectivity index (χ1v) is 7.35. The van der Waals surface area contributed by atoms with E-state index in [1.165, 1.54) is 15.4 Å². The van der Waals surface area contributed by atoms with Gasteiger partial charge in [-0.3, -0.25) is 14.4 Å². The van der Waals surface area contributed by atoms with Gasteiger partial charge < -0.3 is 20.4 Å². The highest BCUT2D eigenvalue weighted by Crippen LogP contribution is 2.05. The molecule has 2 aliphatic heterocycles. The number of piperazine rings is 1. The van der Waals surface area contributed by atoms with Crippen LogP contribution < -0.4 is 10.6 Å². The van der Waals surface area contributed by atoms with E-state index in [0.29, 0.717) is 26.2 Å². The Morgan fingerprint density at radius 3 is 2.59 bits per heavy atom. The smallest absolute Gasteiger partial charge is 0.312 e. The lowest BCUT2D eigenvalue weighted by atomic mass is 10.1. The minimum absolute atomic E-state index is 0. The summed E-state index contributed by atoms with van der Waals surface area (Å²) in [5.74, 6) is -1.32. The molecule has 22 heavy (non-hydrogen) atoms. The van der Waals surface area contributed by atoms with Crippen molar-refractivity contribution in [2.24, 2.45) is 0 Å². The van der Waals surface area contributed by atoms with Gasteiger partial charge in [0.1, 0.15) is 6.54 Å². The van der Waals surface area contributed by atoms with Crippen molar-refractivity contribution in [1.82, 2.24) is 20.4 Å². The first-order chi connectivity index (χ1) is 10.1. The second kappa shape index (κ2) is 8.75. The fraction of sp³-hybridized carbons (Fsp3) is 0.643. The standard InChI is InChI=1S/C14H22N4O3.ClH/c1-2-17-7-8-18(14(21)13(17)20)10-12(19)16-9-11-3-5-15-6-4-11;/h3,15H,2,4-10H2,1H3,(H,16,19);1H. The molecule has 0 aromatic heterocycles. The molecule has 0 aromatic rings. The van der Waals surface area contributed by atoms with E-state index in [4.69, 9.17) is 0 Å². The normalized spacial score (nSPS) is 18.7. The van der Waals surface area contributed by atoms with E-state index >= 15 is 0 Å². The topological polar surface area (TPSA) is 81.8 Å². The summed E-state index contributed by atoms with van der Waals surface area (Å²) in [6.07, 6.45) is 2.99. The summed E-state index contributed by atoms with van der Waals surface area (Å²) in [4.78, 5) is 38.3. The number of carbonyl (C=O) groups excluding carboxylic acids is 3. The Morgan fingerprint density at radius 2 is 1.95 bits per heavy atom. The van der Waals surface area contributed by atoms with Crippen molar-refractivity contribution in [1.29, 1.82) is 0 Å². The highest BCUT2D eigenvalue weighted by Gasteiger charge is 2.32. The molecule has 0 aliphatic carbocycles. The molecule has 0 bridgehead atoms. The maximum atomic E-state index is 11.9. The van der Waals surface area contributed by atoms with Crippen molar-refractivity contribution in [3.63, 3.8) is 0 Å². The van der Waals surface area contributed by atoms with Crippen molar-refractivity contribution in [2.75, 3.05) is 45.8 Å². The third kappa shape index (κ3) is 4.71. The average molecular weight is 331 g/mol. The molecule has 2 heterocycles. The number of nitrogens with zero attached hydrogens (tertiary/aromatic N) is 2. The van der Waals surface area contributed by atoms with E-state index in [-0.39, 0.29) is 24.9 Å². The van der Waals surface area contributed by atoms with Gasteiger partial charge in [-0.15, -0.1) is 12.4 Å². The molecule has 7 nitrogen and oxygen atoms in total. The summed E-state index contributed by atoms with van der Waals surface area (Å²) < 4.78 is 0. The minimum Gasteiger partial charge on any atom is -0.351 e. The van der Waals surface area contributed by atoms with Crippen molar-refractivity contribution < 1.29 is 14.4 Å². The lowest BCUT2D eigenvalue weighted by molar-refractivity contribution is -0.156. The molecule has 3 amide bonds. The van der Waals surface area contributed by atoms with Gasteiger partial charge in [-0.2, -0.15) is 0 Å². The van der Waals surface area contributed by atoms with Gasteiger partial charge in [-0.05, 0) is 19.9 Å². The number of carbonyl (C=O) groups is 3. The first kappa shape index (κ1) is 18.4. The Kier molecular flexibility index (Phi) is 7.34. The number of nitrogens with one attached hydrogen (secondary N) is 2. The summed E-state index contributed by atoms with van der Waals surface area (Å²) in [5.41, 5.74) is 1.19. The first-order valence-electron chi connectivity index (χ1n) is 7.35. The molecule has 0 unspecified atom stereocenters. The van der Waals surface area contributed by atoms with Crippen molar-refractivity contribution in [2.45, 2.75) is 13.3 Å². The second-order valence-corrected chi connectivity index (χ2v) is 5.20. The van der Waals surface area contributed by atoms with Gasteiger partial charge >= 0.3 is 11.8 Å². The molecule has 0 radical (unpaired) electrons. The molecular formula is C14H23ClN4O3. The van der Waals surface area contributed by atoms with Crippen LogP contribution in [-0.4, -0.2) is 73.3 Å². The Hall–Kier alpha value is -1.60. The second-order valence-electron chi connectivity index (χ2n) is 5.20. The van der Waals surface area contributed by atoms with Crippen LogP contribution in [0.4, 0.5) is 0 Å². The largest absolute Gasteiger partial charge is 0.351 e. The van der Waals surface area contributed by atoms with E-state index in [9.17, 15) is 14.4 Å². The maximum absolute atomic E-state index is 11.9. The number of amides is 3. The van der Waals surface area contributed by atoms with Crippen LogP contribution >= 0.6 is 12.4 Å². The lowest BCUT2D eigenvalue weighted by Crippen LogP contribution is -2.56. The number of hydrogen-bond acceptors (Lipinski definition) is 4. The predicted molar refractivity (Wildman–Crippen MR) is 84.7 cm³/mol. The highest BCUT2D eigenvalue weighted by atomic mass is 35.5. The van der Waals surface area contributed by atoms with Crippen LogP contribution in [0, 0.1) is 0 Å². The fourth-order valence-corrected chi connectivity index (χ4v) is 2.44. The van der Waals surface area contributed by atoms with Crippen LogP contribution in [-0.2, 0) is 14.4 Å². The van der Waals surface area contributed by atoms with Crippen molar-refractivity contribution in [3.05, 3.63) is 11.6 Å². The monoisotopic (exact) mass is 330 g/mol. The molecule has 0 spiro atoms. The fourth-order valence-electron chi connectivity index (χ4n) is 2.44. The van der Waals surface area contributed by atoms with Crippen LogP contribution in [0.1, 0.15) is 13.3 Å². The zero-order valence-corrected chi connectivity index (χ0v) is 13.6. The quantitative estimate of drug-likeness (QED) is 0.507. The molecule has 8 heteroatoms. The number of halogens is 1. The van der Waals surface area contributed by atoms with Gasteiger partial charge in [-0.25, -0.2) is 0 Å². The Balaban J connectivity index is 0.00000242. The molecule has 0 saturated carbocycles. The van der Waals surface area contributed by atoms with Gasteiger partial charge in [-0.1, -0.05) is 11.6 Å². The highest BCUT2D eigenvalue weighted by molar-refractivity contribution is 6.35. The van der Waals surface area contributed by atoms with Gasteiger partial charge in [0.15, 0.2) is 0 Å². The van der Waals surface area contributed by atoms with Gasteiger partial charge in [0.2, 0.25) is 5.91 Å². The Labute approximate surface area is 136 Å². The van der Waals surface area contributed by atoms with E-state index in [1.807, 2.05) is 6.92 Å². The molecule has 2 rings (SSSR count). The third-order valence-corrected chi connectivity index (χ3v) is 3.78. The number of hydrogen-bond donors (Lipinski definition) is 2. The zero-order chi connectivity index (χ0) is 15.2. The Morgan fingerprint density at radius 1 is 1.27 bits per heavy atom. The molecule has 2 N–H and O–H groups in total. The van der Waals surface area contributed by atoms with Crippen molar-refractivity contribution >= 4 is 30.1 Å². The van der Waals surface area contributed by atoms with Gasteiger partial charge in [0.25, 0.3) is 0 Å². The van der Waals surface area contributed by atoms with Crippen LogP contribution in [0.15, 0.2) is 11.6 Å². The molecule has 0 aromatic carbocycles. The molecule has 2 aliphatic rings. The molecular weight excluding hydrogens is 308 g/mol. The predicted octanol–water partition coefficient (Wildman–Crippen LogP) is -0.865. The number of rotatable bonds is 5. The SMILES string of the molecule is CCN1CCN(CC(=O)NCC2=CCNCC2)C(=O)C1=O.Cl. The molecule has 1 saturated heterocycles. The third-order valence-electron chi connectivity index (χ3n) is 3.78. The van der Waals surface area contributed by atoms with Crippen LogP contribution in [0.25, 0.3) is 0 Å². The maximum Gasteiger partial charge on any atom is 0.312 e. The zero-order valence-electron chi connectivity index (χ0n) is 12.8. The van der Waals surface area contributed by atoms with Crippen LogP contribution in [0.2, 0.25) is 0 Å². The summed E-state index contributed by atoms with van der Waals surface area (Å²) in [6, 6.07) is 0. The summed E-state index contributed by atoms with van der Waals surface area (Å²) >= 11 is 0. The van der Waals surface area contributed by atoms with Crippen molar-refractivity contribution in [3.8, 4) is 0 Å². The Bertz CT molecular complexity index is 467. The van der Waals surface area contributed by atoms with E-state index < -0.39 is 11.8 Å². The van der Waals surface area contributed by atoms with Crippen LogP contribution in [0.3, 0.4) is 0 Å². The summed E-state index contributed by atoms with van der Waals surface area (Å²) in [6.45, 7) is 5.48. The van der Waals surface area contributed by atoms with E-state index in [0.717, 1.165) is 19.5 Å². The summed E-state index contributed by atoms with van der Waals surface area (Å²) in [7, 11) is 0. The van der Waals surface area contributed by atoms with Crippen LogP contribution in [0.5, 0.6) is 0 Å². The van der Waals surface area contributed by atoms with E-state index in [1.54, 1.807) is 0 Å². The molecule has 124 valence electrons. The average Bonchev–Trinajstić information content (AvgIpc) is 2.51. The molecule has 1 fully saturated rings. The lowest BCUT2D eigenvalue weighted by Gasteiger charge is -2.32. The summed E-state index contributed by atoms with van der Waals surface area (Å²) in [5, 5.41) is 6.01. The van der Waals surface area contributed by atoms with Gasteiger partial charge in [0.05, 0.1) is 0 Å².